The van der Waals surface area contributed by atoms with Gasteiger partial charge in [0.05, 0.1) is 0 Å². The standard InChI is InChI=1S/C12H18N2O2/c1-9-3-4-11(16-9)14(2)12(15)10-5-7-13-8-6-10/h3-4,10,13H,5-8H2,1-2H3. The molecule has 88 valence electrons. The van der Waals surface area contributed by atoms with Crippen LogP contribution in [-0.4, -0.2) is 26.0 Å². The first-order chi connectivity index (χ1) is 7.68. The summed E-state index contributed by atoms with van der Waals surface area (Å²) >= 11 is 0. The maximum absolute atomic E-state index is 12.1. The van der Waals surface area contributed by atoms with Crippen LogP contribution in [-0.2, 0) is 4.79 Å². The molecule has 0 bridgehead atoms. The summed E-state index contributed by atoms with van der Waals surface area (Å²) in [4.78, 5) is 13.8. The number of nitrogens with zero attached hydrogens (tertiary/aromatic N) is 1. The number of carbonyl (C=O) groups excluding carboxylic acids is 1. The van der Waals surface area contributed by atoms with Gasteiger partial charge in [-0.2, -0.15) is 0 Å². The van der Waals surface area contributed by atoms with Gasteiger partial charge in [0, 0.05) is 19.0 Å². The second-order valence-corrected chi connectivity index (χ2v) is 4.31. The molecule has 0 saturated carbocycles. The van der Waals surface area contributed by atoms with Gasteiger partial charge in [-0.3, -0.25) is 9.69 Å². The molecule has 1 aromatic rings. The van der Waals surface area contributed by atoms with Crippen molar-refractivity contribution < 1.29 is 9.21 Å². The van der Waals surface area contributed by atoms with Crippen molar-refractivity contribution in [3.63, 3.8) is 0 Å². The van der Waals surface area contributed by atoms with E-state index in [2.05, 4.69) is 5.32 Å². The molecule has 16 heavy (non-hydrogen) atoms. The van der Waals surface area contributed by atoms with Crippen LogP contribution in [0.15, 0.2) is 16.5 Å². The predicted molar refractivity (Wildman–Crippen MR) is 62.4 cm³/mol. The zero-order valence-corrected chi connectivity index (χ0v) is 9.82. The number of furan rings is 1. The highest BCUT2D eigenvalue weighted by molar-refractivity contribution is 5.93. The molecule has 1 N–H and O–H groups in total. The molecule has 0 spiro atoms. The fourth-order valence-electron chi connectivity index (χ4n) is 2.05. The summed E-state index contributed by atoms with van der Waals surface area (Å²) in [5.74, 6) is 1.77. The zero-order chi connectivity index (χ0) is 11.5. The van der Waals surface area contributed by atoms with Crippen molar-refractivity contribution in [1.29, 1.82) is 0 Å². The van der Waals surface area contributed by atoms with Crippen molar-refractivity contribution in [3.05, 3.63) is 17.9 Å². The van der Waals surface area contributed by atoms with Gasteiger partial charge < -0.3 is 9.73 Å². The zero-order valence-electron chi connectivity index (χ0n) is 9.82. The highest BCUT2D eigenvalue weighted by atomic mass is 16.4. The second kappa shape index (κ2) is 4.70. The molecule has 0 aromatic carbocycles. The van der Waals surface area contributed by atoms with Crippen molar-refractivity contribution in [1.82, 2.24) is 5.32 Å². The molecule has 1 aliphatic heterocycles. The van der Waals surface area contributed by atoms with Gasteiger partial charge in [-0.05, 0) is 38.9 Å². The molecule has 1 aromatic heterocycles. The fraction of sp³-hybridized carbons (Fsp3) is 0.583. The van der Waals surface area contributed by atoms with E-state index >= 15 is 0 Å². The molecule has 2 heterocycles. The smallest absolute Gasteiger partial charge is 0.232 e. The summed E-state index contributed by atoms with van der Waals surface area (Å²) in [6.45, 7) is 3.75. The van der Waals surface area contributed by atoms with Gasteiger partial charge in [0.1, 0.15) is 5.76 Å². The molecule has 0 radical (unpaired) electrons. The normalized spacial score (nSPS) is 17.4. The van der Waals surface area contributed by atoms with Gasteiger partial charge in [0.2, 0.25) is 11.8 Å². The van der Waals surface area contributed by atoms with E-state index in [1.54, 1.807) is 11.9 Å². The topological polar surface area (TPSA) is 45.5 Å². The quantitative estimate of drug-likeness (QED) is 0.825. The van der Waals surface area contributed by atoms with E-state index in [0.29, 0.717) is 5.88 Å². The molecule has 0 atom stereocenters. The van der Waals surface area contributed by atoms with Gasteiger partial charge in [0.15, 0.2) is 0 Å². The van der Waals surface area contributed by atoms with E-state index in [0.717, 1.165) is 31.7 Å². The second-order valence-electron chi connectivity index (χ2n) is 4.31. The van der Waals surface area contributed by atoms with Gasteiger partial charge >= 0.3 is 0 Å². The van der Waals surface area contributed by atoms with Crippen LogP contribution in [0, 0.1) is 12.8 Å². The van der Waals surface area contributed by atoms with E-state index in [4.69, 9.17) is 4.42 Å². The third-order valence-electron chi connectivity index (χ3n) is 3.08. The molecule has 1 amide bonds. The summed E-state index contributed by atoms with van der Waals surface area (Å²) < 4.78 is 5.45. The number of carbonyl (C=O) groups is 1. The summed E-state index contributed by atoms with van der Waals surface area (Å²) in [6.07, 6.45) is 1.84. The van der Waals surface area contributed by atoms with Gasteiger partial charge in [-0.15, -0.1) is 0 Å². The number of hydrogen-bond acceptors (Lipinski definition) is 3. The monoisotopic (exact) mass is 222 g/mol. The number of nitrogens with one attached hydrogen (secondary N) is 1. The van der Waals surface area contributed by atoms with E-state index in [-0.39, 0.29) is 11.8 Å². The van der Waals surface area contributed by atoms with E-state index in [1.807, 2.05) is 19.1 Å². The molecule has 1 aliphatic rings. The minimum absolute atomic E-state index is 0.136. The van der Waals surface area contributed by atoms with Gasteiger partial charge in [-0.1, -0.05) is 0 Å². The Hall–Kier alpha value is -1.29. The fourth-order valence-corrected chi connectivity index (χ4v) is 2.05. The lowest BCUT2D eigenvalue weighted by molar-refractivity contribution is -0.123. The lowest BCUT2D eigenvalue weighted by Crippen LogP contribution is -2.39. The Morgan fingerprint density at radius 1 is 1.44 bits per heavy atom. The third-order valence-corrected chi connectivity index (χ3v) is 3.08. The van der Waals surface area contributed by atoms with Crippen LogP contribution in [0.2, 0.25) is 0 Å². The number of anilines is 1. The Labute approximate surface area is 95.6 Å². The average Bonchev–Trinajstić information content (AvgIpc) is 2.75. The molecule has 1 fully saturated rings. The average molecular weight is 222 g/mol. The summed E-state index contributed by atoms with van der Waals surface area (Å²) in [5.41, 5.74) is 0. The van der Waals surface area contributed by atoms with Crippen molar-refractivity contribution in [3.8, 4) is 0 Å². The first kappa shape index (κ1) is 11.2. The summed E-state index contributed by atoms with van der Waals surface area (Å²) in [5, 5.41) is 3.26. The van der Waals surface area contributed by atoms with E-state index in [1.165, 1.54) is 0 Å². The maximum Gasteiger partial charge on any atom is 0.232 e. The van der Waals surface area contributed by atoms with Crippen LogP contribution >= 0.6 is 0 Å². The minimum atomic E-state index is 0.136. The van der Waals surface area contributed by atoms with E-state index in [9.17, 15) is 4.79 Å². The number of piperidine rings is 1. The lowest BCUT2D eigenvalue weighted by atomic mass is 9.97. The van der Waals surface area contributed by atoms with E-state index < -0.39 is 0 Å². The molecule has 2 rings (SSSR count). The molecule has 0 unspecified atom stereocenters. The highest BCUT2D eigenvalue weighted by Crippen LogP contribution is 2.21. The molecule has 1 saturated heterocycles. The molecule has 4 heteroatoms. The lowest BCUT2D eigenvalue weighted by Gasteiger charge is -2.25. The Kier molecular flexibility index (Phi) is 3.29. The van der Waals surface area contributed by atoms with Gasteiger partial charge in [0.25, 0.3) is 0 Å². The van der Waals surface area contributed by atoms with Crippen molar-refractivity contribution >= 4 is 11.8 Å². The maximum atomic E-state index is 12.1. The number of hydrogen-bond donors (Lipinski definition) is 1. The first-order valence-corrected chi connectivity index (χ1v) is 5.73. The summed E-state index contributed by atoms with van der Waals surface area (Å²) in [6, 6.07) is 3.72. The SMILES string of the molecule is Cc1ccc(N(C)C(=O)C2CCNCC2)o1. The number of amides is 1. The van der Waals surface area contributed by atoms with Crippen molar-refractivity contribution in [2.75, 3.05) is 25.0 Å². The number of rotatable bonds is 2. The molecule has 0 aliphatic carbocycles. The minimum Gasteiger partial charge on any atom is -0.445 e. The highest BCUT2D eigenvalue weighted by Gasteiger charge is 2.25. The van der Waals surface area contributed by atoms with Crippen LogP contribution in [0.4, 0.5) is 5.88 Å². The van der Waals surface area contributed by atoms with Crippen molar-refractivity contribution in [2.45, 2.75) is 19.8 Å². The summed E-state index contributed by atoms with van der Waals surface area (Å²) in [7, 11) is 1.78. The van der Waals surface area contributed by atoms with Crippen LogP contribution in [0.1, 0.15) is 18.6 Å². The molecular formula is C12H18N2O2. The Morgan fingerprint density at radius 3 is 2.69 bits per heavy atom. The first-order valence-electron chi connectivity index (χ1n) is 5.73. The molecule has 4 nitrogen and oxygen atoms in total. The van der Waals surface area contributed by atoms with Crippen LogP contribution < -0.4 is 10.2 Å². The predicted octanol–water partition coefficient (Wildman–Crippen LogP) is 1.55. The van der Waals surface area contributed by atoms with Crippen LogP contribution in [0.3, 0.4) is 0 Å². The van der Waals surface area contributed by atoms with Crippen LogP contribution in [0.5, 0.6) is 0 Å². The Bertz CT molecular complexity index is 367. The Balaban J connectivity index is 2.03. The van der Waals surface area contributed by atoms with Gasteiger partial charge in [-0.25, -0.2) is 0 Å². The Morgan fingerprint density at radius 2 is 2.12 bits per heavy atom. The number of aryl methyl sites for hydroxylation is 1. The molecular weight excluding hydrogens is 204 g/mol. The van der Waals surface area contributed by atoms with Crippen molar-refractivity contribution in [2.24, 2.45) is 5.92 Å². The largest absolute Gasteiger partial charge is 0.445 e. The third kappa shape index (κ3) is 2.27. The van der Waals surface area contributed by atoms with Crippen LogP contribution in [0.25, 0.3) is 0 Å².